The first kappa shape index (κ1) is 31.6. The number of carbonyl (C=O) groups excluding carboxylic acids is 1. The van der Waals surface area contributed by atoms with Gasteiger partial charge in [-0.05, 0) is 42.7 Å². The Morgan fingerprint density at radius 3 is 2.33 bits per heavy atom. The summed E-state index contributed by atoms with van der Waals surface area (Å²) in [7, 11) is 1.41. The summed E-state index contributed by atoms with van der Waals surface area (Å²) < 4.78 is 74.2. The van der Waals surface area contributed by atoms with E-state index in [-0.39, 0.29) is 29.8 Å². The fourth-order valence-electron chi connectivity index (χ4n) is 5.38. The van der Waals surface area contributed by atoms with E-state index in [4.69, 9.17) is 14.2 Å². The molecule has 0 N–H and O–H groups in total. The number of aromatic nitrogens is 2. The van der Waals surface area contributed by atoms with Crippen LogP contribution in [0.15, 0.2) is 64.2 Å². The van der Waals surface area contributed by atoms with Crippen LogP contribution in [0.4, 0.5) is 17.6 Å². The highest BCUT2D eigenvalue weighted by Crippen LogP contribution is 2.31. The lowest BCUT2D eigenvalue weighted by atomic mass is 10.0. The van der Waals surface area contributed by atoms with E-state index in [0.29, 0.717) is 49.2 Å². The number of halogens is 4. The van der Waals surface area contributed by atoms with E-state index < -0.39 is 54.1 Å². The quantitative estimate of drug-likeness (QED) is 0.169. The third-order valence-electron chi connectivity index (χ3n) is 7.78. The first-order chi connectivity index (χ1) is 21.8. The molecule has 13 heteroatoms. The van der Waals surface area contributed by atoms with Gasteiger partial charge in [0.1, 0.15) is 25.8 Å². The van der Waals surface area contributed by atoms with Crippen LogP contribution in [0.5, 0.6) is 17.2 Å². The number of alkyl halides is 2. The normalized spacial score (nSPS) is 13.8. The molecule has 0 saturated carbocycles. The Bertz CT molecular complexity index is 1800. The summed E-state index contributed by atoms with van der Waals surface area (Å²) in [6.45, 7) is -2.00. The van der Waals surface area contributed by atoms with Crippen LogP contribution in [0.2, 0.25) is 0 Å². The molecule has 0 spiro atoms. The van der Waals surface area contributed by atoms with Gasteiger partial charge in [-0.25, -0.2) is 22.4 Å². The Hall–Kier alpha value is -4.81. The third-order valence-corrected chi connectivity index (χ3v) is 7.78. The standard InChI is InChI=1S/C32H31F4N3O6/c1-43-30-12-20(6-7-28(30)44-18-21-4-2-3-5-25(21)35)17-38-31(41)24-13-29(45-23(15-33)16-34)26(36)14-27(24)39(32(38)42)22-8-10-37(19-40)11-9-22/h2-7,12-14,19,22-23H,8-11,15-18H2,1H3. The lowest BCUT2D eigenvalue weighted by molar-refractivity contribution is -0.119. The lowest BCUT2D eigenvalue weighted by Crippen LogP contribution is -2.44. The number of nitrogens with zero attached hydrogens (tertiary/aromatic N) is 3. The second-order valence-corrected chi connectivity index (χ2v) is 10.6. The van der Waals surface area contributed by atoms with Gasteiger partial charge in [0.05, 0.1) is 24.6 Å². The zero-order valence-electron chi connectivity index (χ0n) is 24.4. The van der Waals surface area contributed by atoms with Crippen LogP contribution in [-0.4, -0.2) is 60.1 Å². The molecular weight excluding hydrogens is 598 g/mol. The second kappa shape index (κ2) is 13.9. The summed E-state index contributed by atoms with van der Waals surface area (Å²) in [4.78, 5) is 40.5. The molecule has 1 saturated heterocycles. The second-order valence-electron chi connectivity index (χ2n) is 10.6. The highest BCUT2D eigenvalue weighted by atomic mass is 19.1. The van der Waals surface area contributed by atoms with Gasteiger partial charge in [-0.1, -0.05) is 24.3 Å². The van der Waals surface area contributed by atoms with Crippen LogP contribution in [0.3, 0.4) is 0 Å². The van der Waals surface area contributed by atoms with E-state index in [1.54, 1.807) is 41.3 Å². The van der Waals surface area contributed by atoms with E-state index >= 15 is 4.39 Å². The van der Waals surface area contributed by atoms with Crippen LogP contribution in [0.1, 0.15) is 30.0 Å². The zero-order chi connectivity index (χ0) is 32.1. The molecule has 1 aromatic heterocycles. The van der Waals surface area contributed by atoms with Gasteiger partial charge in [0.2, 0.25) is 6.41 Å². The Kier molecular flexibility index (Phi) is 9.74. The van der Waals surface area contributed by atoms with Crippen molar-refractivity contribution in [2.75, 3.05) is 33.5 Å². The van der Waals surface area contributed by atoms with Gasteiger partial charge in [-0.3, -0.25) is 18.7 Å². The monoisotopic (exact) mass is 629 g/mol. The van der Waals surface area contributed by atoms with Crippen molar-refractivity contribution in [2.45, 2.75) is 38.1 Å². The van der Waals surface area contributed by atoms with Crippen molar-refractivity contribution < 1.29 is 36.6 Å². The average molecular weight is 630 g/mol. The molecule has 1 aliphatic heterocycles. The number of ether oxygens (including phenoxy) is 3. The fraction of sp³-hybridized carbons (Fsp3) is 0.344. The van der Waals surface area contributed by atoms with E-state index in [2.05, 4.69) is 0 Å². The molecule has 1 fully saturated rings. The van der Waals surface area contributed by atoms with Gasteiger partial charge < -0.3 is 19.1 Å². The minimum absolute atomic E-state index is 0.00201. The van der Waals surface area contributed by atoms with Crippen molar-refractivity contribution >= 4 is 17.3 Å². The predicted molar refractivity (Wildman–Crippen MR) is 158 cm³/mol. The summed E-state index contributed by atoms with van der Waals surface area (Å²) in [5.41, 5.74) is -0.636. The summed E-state index contributed by atoms with van der Waals surface area (Å²) in [5.74, 6) is -1.34. The summed E-state index contributed by atoms with van der Waals surface area (Å²) in [6, 6.07) is 12.5. The van der Waals surface area contributed by atoms with E-state index in [9.17, 15) is 27.6 Å². The van der Waals surface area contributed by atoms with E-state index in [0.717, 1.165) is 16.7 Å². The average Bonchev–Trinajstić information content (AvgIpc) is 3.06. The van der Waals surface area contributed by atoms with Crippen LogP contribution in [0, 0.1) is 11.6 Å². The van der Waals surface area contributed by atoms with Gasteiger partial charge >= 0.3 is 5.69 Å². The number of likely N-dealkylation sites (tertiary alicyclic amines) is 1. The topological polar surface area (TPSA) is 92.0 Å². The molecule has 1 aliphatic rings. The zero-order valence-corrected chi connectivity index (χ0v) is 24.4. The van der Waals surface area contributed by atoms with Gasteiger partial charge in [-0.15, -0.1) is 0 Å². The smallest absolute Gasteiger partial charge is 0.332 e. The largest absolute Gasteiger partial charge is 0.493 e. The van der Waals surface area contributed by atoms with Crippen molar-refractivity contribution in [2.24, 2.45) is 0 Å². The Morgan fingerprint density at radius 1 is 0.933 bits per heavy atom. The van der Waals surface area contributed by atoms with E-state index in [1.807, 2.05) is 0 Å². The number of fused-ring (bicyclic) bond motifs is 1. The fourth-order valence-corrected chi connectivity index (χ4v) is 5.38. The number of rotatable bonds is 12. The number of amides is 1. The molecule has 0 radical (unpaired) electrons. The molecule has 238 valence electrons. The summed E-state index contributed by atoms with van der Waals surface area (Å²) in [6.07, 6.45) is -0.104. The molecule has 0 aliphatic carbocycles. The molecule has 0 unspecified atom stereocenters. The molecule has 1 amide bonds. The van der Waals surface area contributed by atoms with Gasteiger partial charge in [0.25, 0.3) is 5.56 Å². The molecule has 0 atom stereocenters. The van der Waals surface area contributed by atoms with E-state index in [1.165, 1.54) is 17.7 Å². The van der Waals surface area contributed by atoms with Crippen molar-refractivity contribution in [1.82, 2.24) is 14.0 Å². The maximum atomic E-state index is 15.1. The Morgan fingerprint density at radius 2 is 1.67 bits per heavy atom. The number of hydrogen-bond acceptors (Lipinski definition) is 6. The molecule has 45 heavy (non-hydrogen) atoms. The number of carbonyl (C=O) groups is 1. The highest BCUT2D eigenvalue weighted by Gasteiger charge is 2.26. The van der Waals surface area contributed by atoms with Crippen LogP contribution in [0.25, 0.3) is 10.9 Å². The van der Waals surface area contributed by atoms with Crippen molar-refractivity contribution in [3.63, 3.8) is 0 Å². The Labute approximate surface area is 255 Å². The number of piperidine rings is 1. The maximum absolute atomic E-state index is 15.1. The number of benzene rings is 3. The molecule has 2 heterocycles. The maximum Gasteiger partial charge on any atom is 0.332 e. The van der Waals surface area contributed by atoms with Crippen molar-refractivity contribution in [3.8, 4) is 17.2 Å². The SMILES string of the molecule is COc1cc(Cn2c(=O)c3cc(OC(CF)CF)c(F)cc3n(C3CCN(C=O)CC3)c2=O)ccc1OCc1ccccc1F. The molecular formula is C32H31F4N3O6. The number of hydrogen-bond donors (Lipinski definition) is 0. The Balaban J connectivity index is 1.55. The van der Waals surface area contributed by atoms with Gasteiger partial charge in [0, 0.05) is 30.8 Å². The summed E-state index contributed by atoms with van der Waals surface area (Å²) >= 11 is 0. The van der Waals surface area contributed by atoms with Crippen LogP contribution < -0.4 is 25.5 Å². The molecule has 0 bridgehead atoms. The number of methoxy groups -OCH3 is 1. The molecule has 4 aromatic rings. The lowest BCUT2D eigenvalue weighted by Gasteiger charge is -2.31. The summed E-state index contributed by atoms with van der Waals surface area (Å²) in [5, 5.41) is -0.0860. The van der Waals surface area contributed by atoms with Gasteiger partial charge in [0.15, 0.2) is 29.2 Å². The first-order valence-electron chi connectivity index (χ1n) is 14.3. The van der Waals surface area contributed by atoms with Crippen molar-refractivity contribution in [1.29, 1.82) is 0 Å². The molecule has 9 nitrogen and oxygen atoms in total. The molecule has 5 rings (SSSR count). The highest BCUT2D eigenvalue weighted by molar-refractivity contribution is 5.80. The van der Waals surface area contributed by atoms with Gasteiger partial charge in [-0.2, -0.15) is 0 Å². The molecule has 3 aromatic carbocycles. The minimum Gasteiger partial charge on any atom is -0.493 e. The van der Waals surface area contributed by atoms with Crippen molar-refractivity contribution in [3.05, 3.63) is 98.2 Å². The predicted octanol–water partition coefficient (Wildman–Crippen LogP) is 4.56. The first-order valence-corrected chi connectivity index (χ1v) is 14.3. The minimum atomic E-state index is -1.57. The third kappa shape index (κ3) is 6.66. The van der Waals surface area contributed by atoms with Crippen LogP contribution >= 0.6 is 0 Å². The van der Waals surface area contributed by atoms with Crippen LogP contribution in [-0.2, 0) is 17.9 Å².